The maximum atomic E-state index is 5.41. The van der Waals surface area contributed by atoms with Crippen molar-refractivity contribution in [2.45, 2.75) is 26.3 Å². The molecule has 6 heteroatoms. The summed E-state index contributed by atoms with van der Waals surface area (Å²) in [6, 6.07) is 14.5. The van der Waals surface area contributed by atoms with Crippen molar-refractivity contribution in [2.24, 2.45) is 4.99 Å². The summed E-state index contributed by atoms with van der Waals surface area (Å²) in [5.74, 6) is 1.68. The SMILES string of the molecule is CCN(CC)C(CNC(=NC)NCCc1ccccn1)c1cccc(OC)c1. The lowest BCUT2D eigenvalue weighted by atomic mass is 10.0. The minimum absolute atomic E-state index is 0.236. The third kappa shape index (κ3) is 6.53. The van der Waals surface area contributed by atoms with Gasteiger partial charge in [0.2, 0.25) is 0 Å². The molecule has 6 nitrogen and oxygen atoms in total. The Bertz CT molecular complexity index is 716. The molecule has 152 valence electrons. The summed E-state index contributed by atoms with van der Waals surface area (Å²) >= 11 is 0. The molecule has 0 aliphatic heterocycles. The highest BCUT2D eigenvalue weighted by atomic mass is 16.5. The van der Waals surface area contributed by atoms with Gasteiger partial charge in [-0.2, -0.15) is 0 Å². The standard InChI is InChI=1S/C22H33N5O/c1-5-27(6-2)21(18-10-9-12-20(16-18)28-4)17-26-22(23-3)25-15-13-19-11-7-8-14-24-19/h7-12,14,16,21H,5-6,13,15,17H2,1-4H3,(H2,23,25,26). The van der Waals surface area contributed by atoms with Gasteiger partial charge in [-0.25, -0.2) is 0 Å². The van der Waals surface area contributed by atoms with Crippen LogP contribution in [0.4, 0.5) is 0 Å². The number of nitrogens with one attached hydrogen (secondary N) is 2. The van der Waals surface area contributed by atoms with Gasteiger partial charge in [0.25, 0.3) is 0 Å². The van der Waals surface area contributed by atoms with Gasteiger partial charge in [0.05, 0.1) is 13.2 Å². The molecule has 2 aromatic rings. The zero-order valence-corrected chi connectivity index (χ0v) is 17.5. The Kier molecular flexibility index (Phi) is 9.28. The Labute approximate surface area is 169 Å². The highest BCUT2D eigenvalue weighted by molar-refractivity contribution is 5.79. The van der Waals surface area contributed by atoms with E-state index < -0.39 is 0 Å². The Morgan fingerprint density at radius 1 is 1.14 bits per heavy atom. The second kappa shape index (κ2) is 12.0. The quantitative estimate of drug-likeness (QED) is 0.488. The van der Waals surface area contributed by atoms with Crippen LogP contribution in [0.15, 0.2) is 53.7 Å². The van der Waals surface area contributed by atoms with Gasteiger partial charge in [-0.3, -0.25) is 14.9 Å². The maximum Gasteiger partial charge on any atom is 0.191 e. The van der Waals surface area contributed by atoms with Crippen LogP contribution in [0.3, 0.4) is 0 Å². The number of hydrogen-bond donors (Lipinski definition) is 2. The van der Waals surface area contributed by atoms with E-state index in [-0.39, 0.29) is 6.04 Å². The van der Waals surface area contributed by atoms with Crippen LogP contribution in [0.2, 0.25) is 0 Å². The van der Waals surface area contributed by atoms with Crippen LogP contribution in [-0.2, 0) is 6.42 Å². The summed E-state index contributed by atoms with van der Waals surface area (Å²) in [6.07, 6.45) is 2.68. The average Bonchev–Trinajstić information content (AvgIpc) is 2.76. The van der Waals surface area contributed by atoms with E-state index >= 15 is 0 Å². The first-order valence-corrected chi connectivity index (χ1v) is 9.94. The van der Waals surface area contributed by atoms with E-state index in [0.717, 1.165) is 50.0 Å². The number of ether oxygens (including phenoxy) is 1. The van der Waals surface area contributed by atoms with Gasteiger partial charge < -0.3 is 15.4 Å². The monoisotopic (exact) mass is 383 g/mol. The molecule has 2 N–H and O–H groups in total. The number of aromatic nitrogens is 1. The molecule has 0 fully saturated rings. The van der Waals surface area contributed by atoms with Crippen molar-refractivity contribution in [1.82, 2.24) is 20.5 Å². The molecule has 0 spiro atoms. The molecule has 28 heavy (non-hydrogen) atoms. The molecule has 1 aromatic heterocycles. The van der Waals surface area contributed by atoms with E-state index in [1.807, 2.05) is 36.5 Å². The van der Waals surface area contributed by atoms with Crippen molar-refractivity contribution in [3.05, 3.63) is 59.9 Å². The fraction of sp³-hybridized carbons (Fsp3) is 0.455. The zero-order valence-electron chi connectivity index (χ0n) is 17.5. The zero-order chi connectivity index (χ0) is 20.2. The first kappa shape index (κ1) is 21.7. The van der Waals surface area contributed by atoms with E-state index in [9.17, 15) is 0 Å². The van der Waals surface area contributed by atoms with Gasteiger partial charge in [-0.1, -0.05) is 32.0 Å². The Morgan fingerprint density at radius 3 is 2.61 bits per heavy atom. The summed E-state index contributed by atoms with van der Waals surface area (Å²) < 4.78 is 5.41. The minimum Gasteiger partial charge on any atom is -0.497 e. The van der Waals surface area contributed by atoms with Crippen LogP contribution in [-0.4, -0.2) is 56.2 Å². The molecule has 0 bridgehead atoms. The molecular weight excluding hydrogens is 350 g/mol. The highest BCUT2D eigenvalue weighted by Gasteiger charge is 2.19. The molecule has 1 heterocycles. The van der Waals surface area contributed by atoms with Crippen molar-refractivity contribution in [1.29, 1.82) is 0 Å². The van der Waals surface area contributed by atoms with E-state index in [0.29, 0.717) is 0 Å². The lowest BCUT2D eigenvalue weighted by Gasteiger charge is -2.31. The van der Waals surface area contributed by atoms with Crippen molar-refractivity contribution >= 4 is 5.96 Å². The second-order valence-electron chi connectivity index (χ2n) is 6.46. The van der Waals surface area contributed by atoms with Crippen molar-refractivity contribution in [3.8, 4) is 5.75 Å². The smallest absolute Gasteiger partial charge is 0.191 e. The van der Waals surface area contributed by atoms with Crippen LogP contribution >= 0.6 is 0 Å². The molecule has 1 atom stereocenters. The summed E-state index contributed by atoms with van der Waals surface area (Å²) in [6.45, 7) is 7.88. The summed E-state index contributed by atoms with van der Waals surface area (Å²) in [5.41, 5.74) is 2.31. The number of rotatable bonds is 10. The Hall–Kier alpha value is -2.60. The van der Waals surface area contributed by atoms with Crippen molar-refractivity contribution < 1.29 is 4.74 Å². The van der Waals surface area contributed by atoms with E-state index in [2.05, 4.69) is 51.5 Å². The molecule has 0 amide bonds. The van der Waals surface area contributed by atoms with E-state index in [1.54, 1.807) is 14.2 Å². The van der Waals surface area contributed by atoms with Crippen LogP contribution in [0.25, 0.3) is 0 Å². The lowest BCUT2D eigenvalue weighted by Crippen LogP contribution is -2.43. The third-order valence-corrected chi connectivity index (χ3v) is 4.82. The van der Waals surface area contributed by atoms with Crippen LogP contribution < -0.4 is 15.4 Å². The fourth-order valence-electron chi connectivity index (χ4n) is 3.24. The average molecular weight is 384 g/mol. The van der Waals surface area contributed by atoms with Gasteiger partial charge in [0.1, 0.15) is 5.75 Å². The van der Waals surface area contributed by atoms with Gasteiger partial charge >= 0.3 is 0 Å². The number of likely N-dealkylation sites (N-methyl/N-ethyl adjacent to an activating group) is 1. The van der Waals surface area contributed by atoms with Gasteiger partial charge in [0, 0.05) is 38.4 Å². The van der Waals surface area contributed by atoms with Crippen LogP contribution in [0, 0.1) is 0 Å². The van der Waals surface area contributed by atoms with Gasteiger partial charge in [-0.15, -0.1) is 0 Å². The molecular formula is C22H33N5O. The lowest BCUT2D eigenvalue weighted by molar-refractivity contribution is 0.218. The molecule has 0 aliphatic rings. The fourth-order valence-corrected chi connectivity index (χ4v) is 3.24. The molecule has 1 aromatic carbocycles. The molecule has 0 saturated carbocycles. The Morgan fingerprint density at radius 2 is 1.96 bits per heavy atom. The molecule has 1 unspecified atom stereocenters. The van der Waals surface area contributed by atoms with E-state index in [1.165, 1.54) is 5.56 Å². The predicted octanol–water partition coefficient (Wildman–Crippen LogP) is 2.88. The van der Waals surface area contributed by atoms with E-state index in [4.69, 9.17) is 4.74 Å². The van der Waals surface area contributed by atoms with Gasteiger partial charge in [-0.05, 0) is 42.9 Å². The van der Waals surface area contributed by atoms with Crippen molar-refractivity contribution in [3.63, 3.8) is 0 Å². The molecule has 0 aliphatic carbocycles. The predicted molar refractivity (Wildman–Crippen MR) is 116 cm³/mol. The first-order valence-electron chi connectivity index (χ1n) is 9.94. The number of methoxy groups -OCH3 is 1. The summed E-state index contributed by atoms with van der Waals surface area (Å²) in [4.78, 5) is 11.2. The molecule has 0 radical (unpaired) electrons. The second-order valence-corrected chi connectivity index (χ2v) is 6.46. The number of pyridine rings is 1. The van der Waals surface area contributed by atoms with Crippen molar-refractivity contribution in [2.75, 3.05) is 40.3 Å². The topological polar surface area (TPSA) is 61.8 Å². The number of hydrogen-bond acceptors (Lipinski definition) is 4. The minimum atomic E-state index is 0.236. The normalized spacial score (nSPS) is 12.7. The number of guanidine groups is 1. The van der Waals surface area contributed by atoms with Gasteiger partial charge in [0.15, 0.2) is 5.96 Å². The maximum absolute atomic E-state index is 5.41. The number of benzene rings is 1. The first-order chi connectivity index (χ1) is 13.7. The van der Waals surface area contributed by atoms with Crippen LogP contribution in [0.5, 0.6) is 5.75 Å². The number of nitrogens with zero attached hydrogens (tertiary/aromatic N) is 3. The molecule has 2 rings (SSSR count). The van der Waals surface area contributed by atoms with Crippen LogP contribution in [0.1, 0.15) is 31.1 Å². The number of aliphatic imine (C=N–C) groups is 1. The molecule has 0 saturated heterocycles. The third-order valence-electron chi connectivity index (χ3n) is 4.82. The summed E-state index contributed by atoms with van der Waals surface area (Å²) in [7, 11) is 3.51. The highest BCUT2D eigenvalue weighted by Crippen LogP contribution is 2.23. The Balaban J connectivity index is 1.98. The summed E-state index contributed by atoms with van der Waals surface area (Å²) in [5, 5.41) is 6.85. The largest absolute Gasteiger partial charge is 0.497 e.